The van der Waals surface area contributed by atoms with E-state index in [0.717, 1.165) is 22.9 Å². The lowest BCUT2D eigenvalue weighted by Crippen LogP contribution is -1.90. The Labute approximate surface area is 93.9 Å². The molecule has 82 valence electrons. The summed E-state index contributed by atoms with van der Waals surface area (Å²) in [6, 6.07) is 7.45. The van der Waals surface area contributed by atoms with Gasteiger partial charge in [-0.15, -0.1) is 0 Å². The third-order valence-corrected chi connectivity index (χ3v) is 2.21. The van der Waals surface area contributed by atoms with Crippen LogP contribution in [0.1, 0.15) is 0 Å². The lowest BCUT2D eigenvalue weighted by Gasteiger charge is -2.03. The van der Waals surface area contributed by atoms with Crippen molar-refractivity contribution in [3.63, 3.8) is 0 Å². The summed E-state index contributed by atoms with van der Waals surface area (Å²) >= 11 is 0. The van der Waals surface area contributed by atoms with E-state index in [1.165, 1.54) is 0 Å². The summed E-state index contributed by atoms with van der Waals surface area (Å²) in [6.07, 6.45) is 3.34. The second kappa shape index (κ2) is 4.61. The Balaban J connectivity index is 2.28. The first-order chi connectivity index (χ1) is 7.83. The van der Waals surface area contributed by atoms with E-state index in [1.807, 2.05) is 24.3 Å². The van der Waals surface area contributed by atoms with Crippen LogP contribution in [-0.2, 0) is 0 Å². The standard InChI is InChI=1S/C12H12N2O2/c1-15-9-3-5-11(13-7-9)12-6-4-10(16-2)8-14-12/h3-8H,1-2H3. The molecule has 0 aliphatic heterocycles. The summed E-state index contributed by atoms with van der Waals surface area (Å²) in [5.74, 6) is 1.47. The molecule has 2 heterocycles. The van der Waals surface area contributed by atoms with Gasteiger partial charge < -0.3 is 9.47 Å². The Kier molecular flexibility index (Phi) is 3.00. The fraction of sp³-hybridized carbons (Fsp3) is 0.167. The van der Waals surface area contributed by atoms with Crippen LogP contribution in [0.2, 0.25) is 0 Å². The third kappa shape index (κ3) is 2.11. The molecule has 0 amide bonds. The molecule has 0 saturated heterocycles. The van der Waals surface area contributed by atoms with Gasteiger partial charge in [0.1, 0.15) is 11.5 Å². The van der Waals surface area contributed by atoms with E-state index >= 15 is 0 Å². The number of hydrogen-bond donors (Lipinski definition) is 0. The van der Waals surface area contributed by atoms with Gasteiger partial charge in [0.25, 0.3) is 0 Å². The maximum atomic E-state index is 5.04. The normalized spacial score (nSPS) is 9.88. The van der Waals surface area contributed by atoms with Gasteiger partial charge in [-0.25, -0.2) is 0 Å². The Bertz CT molecular complexity index is 406. The van der Waals surface area contributed by atoms with Gasteiger partial charge in [0.2, 0.25) is 0 Å². The maximum absolute atomic E-state index is 5.04. The molecule has 0 aliphatic carbocycles. The molecule has 0 unspecified atom stereocenters. The predicted molar refractivity (Wildman–Crippen MR) is 60.6 cm³/mol. The molecule has 0 N–H and O–H groups in total. The average molecular weight is 216 g/mol. The lowest BCUT2D eigenvalue weighted by molar-refractivity contribution is 0.412. The van der Waals surface area contributed by atoms with Gasteiger partial charge in [-0.1, -0.05) is 0 Å². The van der Waals surface area contributed by atoms with Crippen LogP contribution in [0.3, 0.4) is 0 Å². The second-order valence-electron chi connectivity index (χ2n) is 3.17. The number of pyridine rings is 2. The zero-order valence-corrected chi connectivity index (χ0v) is 9.18. The van der Waals surface area contributed by atoms with Crippen LogP contribution in [0.4, 0.5) is 0 Å². The van der Waals surface area contributed by atoms with E-state index in [-0.39, 0.29) is 0 Å². The van der Waals surface area contributed by atoms with Crippen LogP contribution < -0.4 is 9.47 Å². The molecule has 0 saturated carbocycles. The van der Waals surface area contributed by atoms with Crippen molar-refractivity contribution in [2.75, 3.05) is 14.2 Å². The van der Waals surface area contributed by atoms with Crippen LogP contribution in [0, 0.1) is 0 Å². The van der Waals surface area contributed by atoms with Gasteiger partial charge in [0.05, 0.1) is 38.0 Å². The van der Waals surface area contributed by atoms with Gasteiger partial charge in [-0.2, -0.15) is 0 Å². The first-order valence-electron chi connectivity index (χ1n) is 4.84. The predicted octanol–water partition coefficient (Wildman–Crippen LogP) is 2.16. The highest BCUT2D eigenvalue weighted by molar-refractivity contribution is 5.55. The Morgan fingerprint density at radius 2 is 1.19 bits per heavy atom. The number of methoxy groups -OCH3 is 2. The molecule has 0 fully saturated rings. The zero-order valence-electron chi connectivity index (χ0n) is 9.18. The zero-order chi connectivity index (χ0) is 11.4. The van der Waals surface area contributed by atoms with E-state index in [4.69, 9.17) is 9.47 Å². The smallest absolute Gasteiger partial charge is 0.137 e. The number of aromatic nitrogens is 2. The topological polar surface area (TPSA) is 44.2 Å². The largest absolute Gasteiger partial charge is 0.495 e. The fourth-order valence-electron chi connectivity index (χ4n) is 1.31. The molecule has 0 spiro atoms. The molecule has 0 aliphatic rings. The number of nitrogens with zero attached hydrogens (tertiary/aromatic N) is 2. The minimum Gasteiger partial charge on any atom is -0.495 e. The minimum absolute atomic E-state index is 0.734. The monoisotopic (exact) mass is 216 g/mol. The third-order valence-electron chi connectivity index (χ3n) is 2.21. The van der Waals surface area contributed by atoms with E-state index in [2.05, 4.69) is 9.97 Å². The van der Waals surface area contributed by atoms with E-state index in [0.29, 0.717) is 0 Å². The summed E-state index contributed by atoms with van der Waals surface area (Å²) in [6.45, 7) is 0. The summed E-state index contributed by atoms with van der Waals surface area (Å²) in [7, 11) is 3.23. The molecule has 0 aromatic carbocycles. The van der Waals surface area contributed by atoms with Gasteiger partial charge in [-0.05, 0) is 24.3 Å². The Morgan fingerprint density at radius 3 is 1.44 bits per heavy atom. The quantitative estimate of drug-likeness (QED) is 0.788. The van der Waals surface area contributed by atoms with Crippen LogP contribution in [0.15, 0.2) is 36.7 Å². The van der Waals surface area contributed by atoms with Crippen LogP contribution in [-0.4, -0.2) is 24.2 Å². The molecule has 16 heavy (non-hydrogen) atoms. The first-order valence-corrected chi connectivity index (χ1v) is 4.84. The Morgan fingerprint density at radius 1 is 0.750 bits per heavy atom. The molecule has 0 radical (unpaired) electrons. The molecular weight excluding hydrogens is 204 g/mol. The second-order valence-corrected chi connectivity index (χ2v) is 3.17. The lowest BCUT2D eigenvalue weighted by atomic mass is 10.2. The summed E-state index contributed by atoms with van der Waals surface area (Å²) < 4.78 is 10.1. The van der Waals surface area contributed by atoms with Crippen LogP contribution in [0.25, 0.3) is 11.4 Å². The Hall–Kier alpha value is -2.10. The molecule has 0 atom stereocenters. The average Bonchev–Trinajstić information content (AvgIpc) is 2.39. The van der Waals surface area contributed by atoms with Gasteiger partial charge >= 0.3 is 0 Å². The van der Waals surface area contributed by atoms with E-state index < -0.39 is 0 Å². The number of rotatable bonds is 3. The molecule has 2 rings (SSSR count). The molecule has 4 nitrogen and oxygen atoms in total. The van der Waals surface area contributed by atoms with Crippen molar-refractivity contribution in [3.05, 3.63) is 36.7 Å². The molecule has 2 aromatic heterocycles. The van der Waals surface area contributed by atoms with Crippen LogP contribution >= 0.6 is 0 Å². The highest BCUT2D eigenvalue weighted by atomic mass is 16.5. The van der Waals surface area contributed by atoms with Crippen molar-refractivity contribution in [3.8, 4) is 22.9 Å². The summed E-state index contributed by atoms with van der Waals surface area (Å²) in [5.41, 5.74) is 1.62. The minimum atomic E-state index is 0.734. The van der Waals surface area contributed by atoms with Crippen molar-refractivity contribution in [2.45, 2.75) is 0 Å². The molecular formula is C12H12N2O2. The number of hydrogen-bond acceptors (Lipinski definition) is 4. The first kappa shape index (κ1) is 10.4. The molecule has 0 bridgehead atoms. The highest BCUT2D eigenvalue weighted by Gasteiger charge is 2.01. The number of ether oxygens (including phenoxy) is 2. The van der Waals surface area contributed by atoms with E-state index in [9.17, 15) is 0 Å². The van der Waals surface area contributed by atoms with Gasteiger partial charge in [0, 0.05) is 0 Å². The van der Waals surface area contributed by atoms with Gasteiger partial charge in [-0.3, -0.25) is 9.97 Å². The van der Waals surface area contributed by atoms with Gasteiger partial charge in [0.15, 0.2) is 0 Å². The van der Waals surface area contributed by atoms with Crippen molar-refractivity contribution in [1.29, 1.82) is 0 Å². The summed E-state index contributed by atoms with van der Waals surface area (Å²) in [4.78, 5) is 8.49. The molecule has 4 heteroatoms. The van der Waals surface area contributed by atoms with E-state index in [1.54, 1.807) is 26.6 Å². The van der Waals surface area contributed by atoms with Crippen LogP contribution in [0.5, 0.6) is 11.5 Å². The van der Waals surface area contributed by atoms with Crippen molar-refractivity contribution in [1.82, 2.24) is 9.97 Å². The van der Waals surface area contributed by atoms with Crippen molar-refractivity contribution in [2.24, 2.45) is 0 Å². The fourth-order valence-corrected chi connectivity index (χ4v) is 1.31. The highest BCUT2D eigenvalue weighted by Crippen LogP contribution is 2.19. The van der Waals surface area contributed by atoms with Crippen molar-refractivity contribution >= 4 is 0 Å². The summed E-state index contributed by atoms with van der Waals surface area (Å²) in [5, 5.41) is 0. The SMILES string of the molecule is COc1ccc(-c2ccc(OC)cn2)nc1. The maximum Gasteiger partial charge on any atom is 0.137 e. The van der Waals surface area contributed by atoms with Crippen molar-refractivity contribution < 1.29 is 9.47 Å². The molecule has 2 aromatic rings.